The smallest absolute Gasteiger partial charge is 0.250 e. The van der Waals surface area contributed by atoms with Gasteiger partial charge in [0.05, 0.1) is 11.5 Å². The second kappa shape index (κ2) is 11.7. The van der Waals surface area contributed by atoms with Gasteiger partial charge in [-0.2, -0.15) is 5.10 Å². The van der Waals surface area contributed by atoms with E-state index in [2.05, 4.69) is 50.0 Å². The van der Waals surface area contributed by atoms with Crippen LogP contribution in [0.2, 0.25) is 0 Å². The van der Waals surface area contributed by atoms with Crippen LogP contribution in [0.1, 0.15) is 18.1 Å². The summed E-state index contributed by atoms with van der Waals surface area (Å²) in [6.45, 7) is 3.92. The number of amides is 1. The van der Waals surface area contributed by atoms with Crippen LogP contribution in [0.4, 0.5) is 0 Å². The zero-order valence-electron chi connectivity index (χ0n) is 21.1. The lowest BCUT2D eigenvalue weighted by atomic mass is 10.0. The molecule has 0 aliphatic heterocycles. The molecule has 0 bridgehead atoms. The molecule has 0 atom stereocenters. The van der Waals surface area contributed by atoms with Crippen molar-refractivity contribution in [2.75, 3.05) is 5.75 Å². The molecule has 0 aliphatic carbocycles. The molecular weight excluding hydrogens is 492 g/mol. The Kier molecular flexibility index (Phi) is 7.70. The molecule has 188 valence electrons. The van der Waals surface area contributed by atoms with Gasteiger partial charge < -0.3 is 0 Å². The fourth-order valence-corrected chi connectivity index (χ4v) is 4.63. The minimum atomic E-state index is -0.223. The highest BCUT2D eigenvalue weighted by Crippen LogP contribution is 2.28. The summed E-state index contributed by atoms with van der Waals surface area (Å²) in [6.07, 6.45) is 3.44. The third-order valence-electron chi connectivity index (χ3n) is 5.95. The first kappa shape index (κ1) is 25.1. The SMILES string of the molecule is CC(=NNC(=O)CSc1nnc(-c2ccncc2)n1-c1ccc(C)cc1)c1ccc(-c2ccccc2)cc1. The van der Waals surface area contributed by atoms with E-state index in [1.807, 2.05) is 85.1 Å². The molecule has 0 fully saturated rings. The van der Waals surface area contributed by atoms with Crippen LogP contribution in [0.15, 0.2) is 114 Å². The zero-order chi connectivity index (χ0) is 26.3. The number of carbonyl (C=O) groups is 1. The molecule has 0 aliphatic rings. The molecule has 0 saturated heterocycles. The van der Waals surface area contributed by atoms with E-state index in [9.17, 15) is 4.79 Å². The Hall–Kier alpha value is -4.56. The highest BCUT2D eigenvalue weighted by Gasteiger charge is 2.17. The molecule has 0 unspecified atom stereocenters. The summed E-state index contributed by atoms with van der Waals surface area (Å²) >= 11 is 1.31. The average Bonchev–Trinajstić information content (AvgIpc) is 3.40. The first-order chi connectivity index (χ1) is 18.6. The van der Waals surface area contributed by atoms with Crippen LogP contribution < -0.4 is 5.43 Å². The van der Waals surface area contributed by atoms with Crippen LogP contribution in [-0.4, -0.2) is 37.1 Å². The Morgan fingerprint density at radius 3 is 2.24 bits per heavy atom. The molecule has 2 heterocycles. The number of hydrazone groups is 1. The molecule has 5 aromatic rings. The summed E-state index contributed by atoms with van der Waals surface area (Å²) in [4.78, 5) is 16.8. The van der Waals surface area contributed by atoms with E-state index in [4.69, 9.17) is 0 Å². The Bertz CT molecular complexity index is 1550. The van der Waals surface area contributed by atoms with Gasteiger partial charge in [-0.25, -0.2) is 5.43 Å². The lowest BCUT2D eigenvalue weighted by Gasteiger charge is -2.10. The third kappa shape index (κ3) is 5.87. The number of thioether (sulfide) groups is 1. The first-order valence-corrected chi connectivity index (χ1v) is 13.1. The lowest BCUT2D eigenvalue weighted by molar-refractivity contribution is -0.118. The normalized spacial score (nSPS) is 11.4. The quantitative estimate of drug-likeness (QED) is 0.156. The van der Waals surface area contributed by atoms with Crippen molar-refractivity contribution in [3.63, 3.8) is 0 Å². The number of nitrogens with zero attached hydrogens (tertiary/aromatic N) is 5. The van der Waals surface area contributed by atoms with E-state index in [0.717, 1.165) is 39.2 Å². The van der Waals surface area contributed by atoms with E-state index in [-0.39, 0.29) is 11.7 Å². The topological polar surface area (TPSA) is 85.1 Å². The maximum Gasteiger partial charge on any atom is 0.250 e. The molecule has 0 spiro atoms. The number of pyridine rings is 1. The minimum Gasteiger partial charge on any atom is -0.272 e. The second-order valence-electron chi connectivity index (χ2n) is 8.68. The fourth-order valence-electron chi connectivity index (χ4n) is 3.89. The van der Waals surface area contributed by atoms with Crippen LogP contribution in [-0.2, 0) is 4.79 Å². The second-order valence-corrected chi connectivity index (χ2v) is 9.62. The summed E-state index contributed by atoms with van der Waals surface area (Å²) < 4.78 is 1.95. The van der Waals surface area contributed by atoms with Gasteiger partial charge in [0.25, 0.3) is 5.91 Å². The van der Waals surface area contributed by atoms with Crippen LogP contribution in [0, 0.1) is 6.92 Å². The van der Waals surface area contributed by atoms with Gasteiger partial charge in [-0.05, 0) is 54.8 Å². The van der Waals surface area contributed by atoms with E-state index >= 15 is 0 Å². The number of nitrogens with one attached hydrogen (secondary N) is 1. The number of rotatable bonds is 8. The van der Waals surface area contributed by atoms with E-state index in [1.165, 1.54) is 11.8 Å². The number of aryl methyl sites for hydroxylation is 1. The Morgan fingerprint density at radius 2 is 1.53 bits per heavy atom. The fraction of sp³-hybridized carbons (Fsp3) is 0.100. The van der Waals surface area contributed by atoms with Crippen molar-refractivity contribution >= 4 is 23.4 Å². The van der Waals surface area contributed by atoms with Crippen LogP contribution >= 0.6 is 11.8 Å². The molecule has 7 nitrogen and oxygen atoms in total. The molecule has 1 N–H and O–H groups in total. The summed E-state index contributed by atoms with van der Waals surface area (Å²) in [5, 5.41) is 13.7. The largest absolute Gasteiger partial charge is 0.272 e. The highest BCUT2D eigenvalue weighted by atomic mass is 32.2. The van der Waals surface area contributed by atoms with Gasteiger partial charge in [0.15, 0.2) is 11.0 Å². The maximum atomic E-state index is 12.7. The van der Waals surface area contributed by atoms with Crippen molar-refractivity contribution in [3.05, 3.63) is 115 Å². The maximum absolute atomic E-state index is 12.7. The molecule has 3 aromatic carbocycles. The molecule has 2 aromatic heterocycles. The van der Waals surface area contributed by atoms with E-state index in [0.29, 0.717) is 11.0 Å². The molecule has 38 heavy (non-hydrogen) atoms. The molecule has 8 heteroatoms. The van der Waals surface area contributed by atoms with Gasteiger partial charge in [-0.3, -0.25) is 14.3 Å². The van der Waals surface area contributed by atoms with Crippen LogP contribution in [0.25, 0.3) is 28.2 Å². The van der Waals surface area contributed by atoms with Crippen molar-refractivity contribution in [2.45, 2.75) is 19.0 Å². The van der Waals surface area contributed by atoms with Crippen LogP contribution in [0.3, 0.4) is 0 Å². The summed E-state index contributed by atoms with van der Waals surface area (Å²) in [6, 6.07) is 30.2. The predicted molar refractivity (Wildman–Crippen MR) is 152 cm³/mol. The summed E-state index contributed by atoms with van der Waals surface area (Å²) in [5.41, 5.74) is 9.59. The summed E-state index contributed by atoms with van der Waals surface area (Å²) in [5.74, 6) is 0.607. The number of aromatic nitrogens is 4. The minimum absolute atomic E-state index is 0.143. The Balaban J connectivity index is 1.27. The number of hydrogen-bond donors (Lipinski definition) is 1. The monoisotopic (exact) mass is 518 g/mol. The van der Waals surface area contributed by atoms with Crippen molar-refractivity contribution in [1.82, 2.24) is 25.2 Å². The molecule has 0 saturated carbocycles. The van der Waals surface area contributed by atoms with Crippen molar-refractivity contribution < 1.29 is 4.79 Å². The molecule has 5 rings (SSSR count). The first-order valence-electron chi connectivity index (χ1n) is 12.1. The highest BCUT2D eigenvalue weighted by molar-refractivity contribution is 7.99. The Morgan fingerprint density at radius 1 is 0.842 bits per heavy atom. The Labute approximate surface area is 225 Å². The van der Waals surface area contributed by atoms with Crippen molar-refractivity contribution in [2.24, 2.45) is 5.10 Å². The lowest BCUT2D eigenvalue weighted by Crippen LogP contribution is -2.21. The van der Waals surface area contributed by atoms with Crippen molar-refractivity contribution in [3.8, 4) is 28.2 Å². The zero-order valence-corrected chi connectivity index (χ0v) is 21.9. The van der Waals surface area contributed by atoms with Gasteiger partial charge in [0, 0.05) is 23.6 Å². The summed E-state index contributed by atoms with van der Waals surface area (Å²) in [7, 11) is 0. The van der Waals surface area contributed by atoms with Gasteiger partial charge in [0.1, 0.15) is 0 Å². The van der Waals surface area contributed by atoms with Gasteiger partial charge in [-0.15, -0.1) is 10.2 Å². The van der Waals surface area contributed by atoms with Gasteiger partial charge in [-0.1, -0.05) is 84.1 Å². The standard InChI is InChI=1S/C30H26N6OS/c1-21-8-14-27(15-9-21)36-29(26-16-18-31-19-17-26)34-35-30(36)38-20-28(37)33-32-22(2)23-10-12-25(13-11-23)24-6-4-3-5-7-24/h3-19H,20H2,1-2H3,(H,33,37). The van der Waals surface area contributed by atoms with Gasteiger partial charge >= 0.3 is 0 Å². The van der Waals surface area contributed by atoms with E-state index < -0.39 is 0 Å². The van der Waals surface area contributed by atoms with Crippen LogP contribution in [0.5, 0.6) is 0 Å². The van der Waals surface area contributed by atoms with E-state index in [1.54, 1.807) is 12.4 Å². The van der Waals surface area contributed by atoms with Crippen molar-refractivity contribution in [1.29, 1.82) is 0 Å². The number of hydrogen-bond acceptors (Lipinski definition) is 6. The predicted octanol–water partition coefficient (Wildman–Crippen LogP) is 5.94. The van der Waals surface area contributed by atoms with Gasteiger partial charge in [0.2, 0.25) is 0 Å². The average molecular weight is 519 g/mol. The number of carbonyl (C=O) groups excluding carboxylic acids is 1. The number of benzene rings is 3. The molecule has 1 amide bonds. The third-order valence-corrected chi connectivity index (χ3v) is 6.88. The molecule has 0 radical (unpaired) electrons. The molecular formula is C30H26N6OS.